The SMILES string of the molecule is C=CCOc1cccc(NC(=O)CNc2ccccc2)c1. The fraction of sp³-hybridized carbons (Fsp3) is 0.118. The van der Waals surface area contributed by atoms with Crippen LogP contribution in [0.3, 0.4) is 0 Å². The van der Waals surface area contributed by atoms with Crippen molar-refractivity contribution in [1.29, 1.82) is 0 Å². The molecule has 21 heavy (non-hydrogen) atoms. The van der Waals surface area contributed by atoms with Gasteiger partial charge in [0.15, 0.2) is 0 Å². The molecule has 0 unspecified atom stereocenters. The van der Waals surface area contributed by atoms with Crippen LogP contribution in [0.5, 0.6) is 5.75 Å². The molecule has 108 valence electrons. The van der Waals surface area contributed by atoms with Gasteiger partial charge in [0.05, 0.1) is 6.54 Å². The Morgan fingerprint density at radius 1 is 1.10 bits per heavy atom. The third-order valence-electron chi connectivity index (χ3n) is 2.71. The summed E-state index contributed by atoms with van der Waals surface area (Å²) in [5.41, 5.74) is 1.62. The number of benzene rings is 2. The normalized spacial score (nSPS) is 9.71. The van der Waals surface area contributed by atoms with Gasteiger partial charge in [-0.3, -0.25) is 4.79 Å². The average molecular weight is 282 g/mol. The smallest absolute Gasteiger partial charge is 0.243 e. The molecule has 0 aliphatic heterocycles. The molecule has 2 N–H and O–H groups in total. The molecular formula is C17H18N2O2. The number of amides is 1. The fourth-order valence-corrected chi connectivity index (χ4v) is 1.76. The maximum absolute atomic E-state index is 11.9. The first-order valence-electron chi connectivity index (χ1n) is 6.70. The summed E-state index contributed by atoms with van der Waals surface area (Å²) in [7, 11) is 0. The Bertz CT molecular complexity index is 597. The zero-order valence-corrected chi connectivity index (χ0v) is 11.7. The zero-order chi connectivity index (χ0) is 14.9. The standard InChI is InChI=1S/C17H18N2O2/c1-2-11-21-16-10-6-9-15(12-16)19-17(20)13-18-14-7-4-3-5-8-14/h2-10,12,18H,1,11,13H2,(H,19,20). The van der Waals surface area contributed by atoms with Crippen molar-refractivity contribution in [3.8, 4) is 5.75 Å². The van der Waals surface area contributed by atoms with Gasteiger partial charge >= 0.3 is 0 Å². The summed E-state index contributed by atoms with van der Waals surface area (Å²) >= 11 is 0. The van der Waals surface area contributed by atoms with E-state index >= 15 is 0 Å². The van der Waals surface area contributed by atoms with Crippen LogP contribution < -0.4 is 15.4 Å². The van der Waals surface area contributed by atoms with Crippen LogP contribution in [0, 0.1) is 0 Å². The van der Waals surface area contributed by atoms with Crippen molar-refractivity contribution in [2.75, 3.05) is 23.8 Å². The molecule has 0 aliphatic carbocycles. The molecule has 0 aliphatic rings. The van der Waals surface area contributed by atoms with Crippen LogP contribution in [0.2, 0.25) is 0 Å². The van der Waals surface area contributed by atoms with Gasteiger partial charge in [-0.25, -0.2) is 0 Å². The zero-order valence-electron chi connectivity index (χ0n) is 11.7. The molecule has 0 spiro atoms. The van der Waals surface area contributed by atoms with Crippen LogP contribution in [0.1, 0.15) is 0 Å². The Morgan fingerprint density at radius 2 is 1.86 bits per heavy atom. The molecule has 4 nitrogen and oxygen atoms in total. The van der Waals surface area contributed by atoms with Crippen molar-refractivity contribution in [2.24, 2.45) is 0 Å². The molecule has 2 aromatic carbocycles. The molecule has 2 rings (SSSR count). The van der Waals surface area contributed by atoms with Crippen molar-refractivity contribution in [1.82, 2.24) is 0 Å². The summed E-state index contributed by atoms with van der Waals surface area (Å²) in [6.07, 6.45) is 1.68. The number of rotatable bonds is 7. The van der Waals surface area contributed by atoms with E-state index in [2.05, 4.69) is 17.2 Å². The second-order valence-corrected chi connectivity index (χ2v) is 4.40. The first kappa shape index (κ1) is 14.7. The topological polar surface area (TPSA) is 50.4 Å². The first-order chi connectivity index (χ1) is 10.3. The van der Waals surface area contributed by atoms with E-state index in [0.717, 1.165) is 5.69 Å². The summed E-state index contributed by atoms with van der Waals surface area (Å²) in [6, 6.07) is 16.9. The highest BCUT2D eigenvalue weighted by Gasteiger charge is 2.03. The second-order valence-electron chi connectivity index (χ2n) is 4.40. The third kappa shape index (κ3) is 5.03. The predicted molar refractivity (Wildman–Crippen MR) is 85.7 cm³/mol. The highest BCUT2D eigenvalue weighted by molar-refractivity contribution is 5.93. The van der Waals surface area contributed by atoms with Crippen LogP contribution in [0.25, 0.3) is 0 Å². The first-order valence-corrected chi connectivity index (χ1v) is 6.70. The highest BCUT2D eigenvalue weighted by atomic mass is 16.5. The minimum Gasteiger partial charge on any atom is -0.489 e. The van der Waals surface area contributed by atoms with Crippen molar-refractivity contribution in [3.05, 3.63) is 67.3 Å². The Balaban J connectivity index is 1.86. The predicted octanol–water partition coefficient (Wildman–Crippen LogP) is 3.30. The van der Waals surface area contributed by atoms with Gasteiger partial charge in [0.25, 0.3) is 0 Å². The van der Waals surface area contributed by atoms with Gasteiger partial charge in [-0.05, 0) is 24.3 Å². The molecule has 0 aromatic heterocycles. The van der Waals surface area contributed by atoms with E-state index in [4.69, 9.17) is 4.74 Å². The van der Waals surface area contributed by atoms with E-state index in [1.54, 1.807) is 12.1 Å². The van der Waals surface area contributed by atoms with Crippen LogP contribution in [0.15, 0.2) is 67.3 Å². The van der Waals surface area contributed by atoms with Crippen molar-refractivity contribution >= 4 is 17.3 Å². The third-order valence-corrected chi connectivity index (χ3v) is 2.71. The Hall–Kier alpha value is -2.75. The summed E-state index contributed by atoms with van der Waals surface area (Å²) in [5, 5.41) is 5.88. The summed E-state index contributed by atoms with van der Waals surface area (Å²) in [5.74, 6) is 0.587. The van der Waals surface area contributed by atoms with Gasteiger partial charge in [-0.1, -0.05) is 36.9 Å². The number of anilines is 2. The highest BCUT2D eigenvalue weighted by Crippen LogP contribution is 2.17. The lowest BCUT2D eigenvalue weighted by molar-refractivity contribution is -0.114. The Morgan fingerprint density at radius 3 is 2.62 bits per heavy atom. The van der Waals surface area contributed by atoms with Gasteiger partial charge < -0.3 is 15.4 Å². The fourth-order valence-electron chi connectivity index (χ4n) is 1.76. The van der Waals surface area contributed by atoms with Crippen LogP contribution in [0.4, 0.5) is 11.4 Å². The molecule has 4 heteroatoms. The largest absolute Gasteiger partial charge is 0.489 e. The monoisotopic (exact) mass is 282 g/mol. The van der Waals surface area contributed by atoms with Crippen molar-refractivity contribution in [2.45, 2.75) is 0 Å². The van der Waals surface area contributed by atoms with Gasteiger partial charge in [0, 0.05) is 17.4 Å². The number of hydrogen-bond donors (Lipinski definition) is 2. The maximum Gasteiger partial charge on any atom is 0.243 e. The van der Waals surface area contributed by atoms with Crippen LogP contribution in [-0.2, 0) is 4.79 Å². The minimum absolute atomic E-state index is 0.111. The van der Waals surface area contributed by atoms with E-state index in [0.29, 0.717) is 18.0 Å². The van der Waals surface area contributed by atoms with Gasteiger partial charge in [-0.2, -0.15) is 0 Å². The number of hydrogen-bond acceptors (Lipinski definition) is 3. The number of carbonyl (C=O) groups excluding carboxylic acids is 1. The van der Waals surface area contributed by atoms with Crippen LogP contribution >= 0.6 is 0 Å². The lowest BCUT2D eigenvalue weighted by Crippen LogP contribution is -2.21. The van der Waals surface area contributed by atoms with E-state index in [-0.39, 0.29) is 12.5 Å². The van der Waals surface area contributed by atoms with Crippen molar-refractivity contribution < 1.29 is 9.53 Å². The quantitative estimate of drug-likeness (QED) is 0.766. The number of ether oxygens (including phenoxy) is 1. The molecule has 0 saturated heterocycles. The molecule has 2 aromatic rings. The average Bonchev–Trinajstić information content (AvgIpc) is 2.52. The van der Waals surface area contributed by atoms with Crippen molar-refractivity contribution in [3.63, 3.8) is 0 Å². The van der Waals surface area contributed by atoms with E-state index in [1.165, 1.54) is 0 Å². The number of para-hydroxylation sites is 1. The lowest BCUT2D eigenvalue weighted by Gasteiger charge is -2.09. The summed E-state index contributed by atoms with van der Waals surface area (Å²) < 4.78 is 5.42. The lowest BCUT2D eigenvalue weighted by atomic mass is 10.3. The van der Waals surface area contributed by atoms with Gasteiger partial charge in [0.1, 0.15) is 12.4 Å². The molecular weight excluding hydrogens is 264 g/mol. The summed E-state index contributed by atoms with van der Waals surface area (Å²) in [6.45, 7) is 4.24. The maximum atomic E-state index is 11.9. The molecule has 1 amide bonds. The van der Waals surface area contributed by atoms with E-state index < -0.39 is 0 Å². The number of nitrogens with one attached hydrogen (secondary N) is 2. The second kappa shape index (κ2) is 7.75. The molecule has 0 heterocycles. The molecule has 0 bridgehead atoms. The van der Waals surface area contributed by atoms with E-state index in [9.17, 15) is 4.79 Å². The molecule has 0 radical (unpaired) electrons. The summed E-state index contributed by atoms with van der Waals surface area (Å²) in [4.78, 5) is 11.9. The molecule has 0 atom stereocenters. The Labute approximate surface area is 124 Å². The number of carbonyl (C=O) groups is 1. The minimum atomic E-state index is -0.111. The Kier molecular flexibility index (Phi) is 5.41. The molecule has 0 saturated carbocycles. The van der Waals surface area contributed by atoms with Gasteiger partial charge in [-0.15, -0.1) is 0 Å². The van der Waals surface area contributed by atoms with Gasteiger partial charge in [0.2, 0.25) is 5.91 Å². The van der Waals surface area contributed by atoms with E-state index in [1.807, 2.05) is 48.5 Å². The molecule has 0 fully saturated rings. The van der Waals surface area contributed by atoms with Crippen LogP contribution in [-0.4, -0.2) is 19.1 Å².